The summed E-state index contributed by atoms with van der Waals surface area (Å²) in [6.07, 6.45) is -2.27. The molecule has 0 atom stereocenters. The summed E-state index contributed by atoms with van der Waals surface area (Å²) in [6, 6.07) is 4.73. The quantitative estimate of drug-likeness (QED) is 0.734. The van der Waals surface area contributed by atoms with E-state index in [-0.39, 0.29) is 11.3 Å². The lowest BCUT2D eigenvalue weighted by Gasteiger charge is -2.08. The zero-order valence-corrected chi connectivity index (χ0v) is 10.4. The first kappa shape index (κ1) is 14.6. The van der Waals surface area contributed by atoms with Crippen molar-refractivity contribution in [2.24, 2.45) is 0 Å². The fraction of sp³-hybridized carbons (Fsp3) is 0.0833. The Morgan fingerprint density at radius 2 is 1.81 bits per heavy atom. The zero-order chi connectivity index (χ0) is 15.5. The molecule has 9 heteroatoms. The van der Waals surface area contributed by atoms with Crippen molar-refractivity contribution in [2.45, 2.75) is 6.18 Å². The number of amides is 2. The highest BCUT2D eigenvalue weighted by Gasteiger charge is 2.32. The summed E-state index contributed by atoms with van der Waals surface area (Å²) < 4.78 is 36.9. The van der Waals surface area contributed by atoms with E-state index in [9.17, 15) is 22.8 Å². The molecule has 0 aliphatic heterocycles. The molecule has 2 amide bonds. The average molecular weight is 298 g/mol. The number of H-pyrrole nitrogens is 1. The molecule has 21 heavy (non-hydrogen) atoms. The second kappa shape index (κ2) is 5.65. The third kappa shape index (κ3) is 3.59. The lowest BCUT2D eigenvalue weighted by molar-refractivity contribution is -0.141. The van der Waals surface area contributed by atoms with Crippen LogP contribution in [0.4, 0.5) is 13.2 Å². The summed E-state index contributed by atoms with van der Waals surface area (Å²) >= 11 is 0. The molecule has 0 aliphatic carbocycles. The molecule has 0 fully saturated rings. The second-order valence-electron chi connectivity index (χ2n) is 3.92. The molecule has 0 spiro atoms. The second-order valence-corrected chi connectivity index (χ2v) is 3.92. The van der Waals surface area contributed by atoms with E-state index in [1.165, 1.54) is 12.3 Å². The van der Waals surface area contributed by atoms with E-state index < -0.39 is 23.7 Å². The molecule has 2 heterocycles. The number of nitrogens with one attached hydrogen (secondary N) is 3. The third-order valence-corrected chi connectivity index (χ3v) is 2.45. The normalized spacial score (nSPS) is 11.0. The van der Waals surface area contributed by atoms with Crippen LogP contribution in [-0.4, -0.2) is 21.8 Å². The maximum absolute atomic E-state index is 12.3. The Balaban J connectivity index is 1.96. The van der Waals surface area contributed by atoms with Crippen LogP contribution in [0.5, 0.6) is 0 Å². The maximum Gasteiger partial charge on any atom is 0.433 e. The largest absolute Gasteiger partial charge is 0.433 e. The molecule has 0 bridgehead atoms. The third-order valence-electron chi connectivity index (χ3n) is 2.45. The number of carbonyl (C=O) groups excluding carboxylic acids is 2. The molecule has 0 saturated carbocycles. The predicted octanol–water partition coefficient (Wildman–Crippen LogP) is 1.50. The molecule has 2 aromatic rings. The van der Waals surface area contributed by atoms with Gasteiger partial charge < -0.3 is 4.98 Å². The van der Waals surface area contributed by atoms with Gasteiger partial charge in [0, 0.05) is 12.4 Å². The van der Waals surface area contributed by atoms with Crippen LogP contribution in [0, 0.1) is 0 Å². The highest BCUT2D eigenvalue weighted by molar-refractivity contribution is 5.98. The number of halogens is 3. The minimum Gasteiger partial charge on any atom is -0.357 e. The highest BCUT2D eigenvalue weighted by Crippen LogP contribution is 2.27. The van der Waals surface area contributed by atoms with E-state index in [1.807, 2.05) is 0 Å². The van der Waals surface area contributed by atoms with Crippen LogP contribution in [0.25, 0.3) is 0 Å². The van der Waals surface area contributed by atoms with Crippen LogP contribution >= 0.6 is 0 Å². The van der Waals surface area contributed by atoms with Gasteiger partial charge in [0.25, 0.3) is 11.8 Å². The highest BCUT2D eigenvalue weighted by atomic mass is 19.4. The minimum absolute atomic E-state index is 0.116. The number of hydrogen-bond donors (Lipinski definition) is 3. The summed E-state index contributed by atoms with van der Waals surface area (Å²) in [5.41, 5.74) is 3.18. The van der Waals surface area contributed by atoms with Gasteiger partial charge in [-0.25, -0.2) is 0 Å². The number of hydrazine groups is 1. The Morgan fingerprint density at radius 1 is 1.10 bits per heavy atom. The van der Waals surface area contributed by atoms with Crippen molar-refractivity contribution in [3.05, 3.63) is 53.6 Å². The number of aromatic nitrogens is 2. The van der Waals surface area contributed by atoms with Gasteiger partial charge in [-0.05, 0) is 24.3 Å². The van der Waals surface area contributed by atoms with Crippen LogP contribution in [0.2, 0.25) is 0 Å². The zero-order valence-electron chi connectivity index (χ0n) is 10.4. The molecule has 0 saturated heterocycles. The summed E-state index contributed by atoms with van der Waals surface area (Å²) in [5.74, 6) is -1.37. The molecule has 0 unspecified atom stereocenters. The molecule has 2 rings (SSSR count). The number of alkyl halides is 3. The van der Waals surface area contributed by atoms with Crippen molar-refractivity contribution in [1.82, 2.24) is 20.8 Å². The standard InChI is InChI=1S/C12H9F3N4O2/c13-12(14,15)9-4-3-7(6-17-9)10(20)18-19-11(21)8-2-1-5-16-8/h1-6,16H,(H,18,20)(H,19,21). The van der Waals surface area contributed by atoms with Crippen LogP contribution in [0.15, 0.2) is 36.7 Å². The lowest BCUT2D eigenvalue weighted by atomic mass is 10.2. The minimum atomic E-state index is -4.57. The summed E-state index contributed by atoms with van der Waals surface area (Å²) in [5, 5.41) is 0. The van der Waals surface area contributed by atoms with Crippen LogP contribution < -0.4 is 10.9 Å². The van der Waals surface area contributed by atoms with Crippen molar-refractivity contribution < 1.29 is 22.8 Å². The summed E-state index contributed by atoms with van der Waals surface area (Å²) in [6.45, 7) is 0. The van der Waals surface area contributed by atoms with Crippen LogP contribution in [0.3, 0.4) is 0 Å². The van der Waals surface area contributed by atoms with Gasteiger partial charge in [0.1, 0.15) is 11.4 Å². The molecule has 6 nitrogen and oxygen atoms in total. The van der Waals surface area contributed by atoms with Gasteiger partial charge in [-0.2, -0.15) is 13.2 Å². The molecule has 0 aliphatic rings. The first-order valence-electron chi connectivity index (χ1n) is 5.65. The predicted molar refractivity (Wildman–Crippen MR) is 65.0 cm³/mol. The molecule has 0 radical (unpaired) electrons. The Kier molecular flexibility index (Phi) is 3.92. The van der Waals surface area contributed by atoms with Gasteiger partial charge in [-0.3, -0.25) is 25.4 Å². The number of aromatic amines is 1. The van der Waals surface area contributed by atoms with E-state index in [4.69, 9.17) is 0 Å². The average Bonchev–Trinajstić information content (AvgIpc) is 2.98. The first-order chi connectivity index (χ1) is 9.88. The molecule has 2 aromatic heterocycles. The van der Waals surface area contributed by atoms with Crippen LogP contribution in [-0.2, 0) is 6.18 Å². The van der Waals surface area contributed by atoms with Gasteiger partial charge in [-0.1, -0.05) is 0 Å². The van der Waals surface area contributed by atoms with Crippen molar-refractivity contribution >= 4 is 11.8 Å². The fourth-order valence-corrected chi connectivity index (χ4v) is 1.42. The summed E-state index contributed by atoms with van der Waals surface area (Å²) in [7, 11) is 0. The summed E-state index contributed by atoms with van der Waals surface area (Å²) in [4.78, 5) is 28.9. The molecule has 0 aromatic carbocycles. The topological polar surface area (TPSA) is 86.9 Å². The van der Waals surface area contributed by atoms with Gasteiger partial charge in [0.15, 0.2) is 0 Å². The first-order valence-corrected chi connectivity index (χ1v) is 5.65. The van der Waals surface area contributed by atoms with Gasteiger partial charge in [0.05, 0.1) is 5.56 Å². The Bertz CT molecular complexity index is 636. The van der Waals surface area contributed by atoms with Gasteiger partial charge in [-0.15, -0.1) is 0 Å². The van der Waals surface area contributed by atoms with Crippen molar-refractivity contribution in [3.8, 4) is 0 Å². The monoisotopic (exact) mass is 298 g/mol. The number of pyridine rings is 1. The van der Waals surface area contributed by atoms with Gasteiger partial charge >= 0.3 is 6.18 Å². The Hall–Kier alpha value is -2.84. The van der Waals surface area contributed by atoms with Crippen molar-refractivity contribution in [2.75, 3.05) is 0 Å². The number of rotatable bonds is 2. The van der Waals surface area contributed by atoms with E-state index in [0.717, 1.165) is 12.3 Å². The number of nitrogens with zero attached hydrogens (tertiary/aromatic N) is 1. The van der Waals surface area contributed by atoms with Crippen LogP contribution in [0.1, 0.15) is 26.5 Å². The molecular formula is C12H9F3N4O2. The van der Waals surface area contributed by atoms with E-state index in [0.29, 0.717) is 6.07 Å². The van der Waals surface area contributed by atoms with Crippen molar-refractivity contribution in [3.63, 3.8) is 0 Å². The van der Waals surface area contributed by atoms with E-state index >= 15 is 0 Å². The van der Waals surface area contributed by atoms with E-state index in [2.05, 4.69) is 20.8 Å². The lowest BCUT2D eigenvalue weighted by Crippen LogP contribution is -2.41. The number of hydrogen-bond acceptors (Lipinski definition) is 3. The fourth-order valence-electron chi connectivity index (χ4n) is 1.42. The molecule has 110 valence electrons. The molecular weight excluding hydrogens is 289 g/mol. The SMILES string of the molecule is O=C(NNC(=O)c1ccc[nH]1)c1ccc(C(F)(F)F)nc1. The van der Waals surface area contributed by atoms with E-state index in [1.54, 1.807) is 6.07 Å². The Labute approximate surface area is 116 Å². The smallest absolute Gasteiger partial charge is 0.357 e. The number of carbonyl (C=O) groups is 2. The van der Waals surface area contributed by atoms with Gasteiger partial charge in [0.2, 0.25) is 0 Å². The maximum atomic E-state index is 12.3. The van der Waals surface area contributed by atoms with Crippen molar-refractivity contribution in [1.29, 1.82) is 0 Å². The molecule has 3 N–H and O–H groups in total. The Morgan fingerprint density at radius 3 is 2.33 bits per heavy atom.